The molecule has 2 nitrogen and oxygen atoms in total. The molecule has 1 N–H and O–H groups in total. The molecule has 0 spiro atoms. The van der Waals surface area contributed by atoms with Gasteiger partial charge in [0.1, 0.15) is 5.82 Å². The van der Waals surface area contributed by atoms with Gasteiger partial charge in [0.25, 0.3) is 0 Å². The maximum Gasteiger partial charge on any atom is 0.128 e. The molecule has 1 fully saturated rings. The molecule has 1 aliphatic heterocycles. The predicted octanol–water partition coefficient (Wildman–Crippen LogP) is 3.13. The van der Waals surface area contributed by atoms with E-state index in [1.165, 1.54) is 12.8 Å². The molecule has 0 amide bonds. The second-order valence-corrected chi connectivity index (χ2v) is 5.56. The summed E-state index contributed by atoms with van der Waals surface area (Å²) in [5, 5.41) is 3.27. The lowest BCUT2D eigenvalue weighted by Gasteiger charge is -2.41. The second-order valence-electron chi connectivity index (χ2n) is 5.56. The Hall–Kier alpha value is -0.930. The van der Waals surface area contributed by atoms with E-state index in [1.807, 2.05) is 26.1 Å². The summed E-state index contributed by atoms with van der Waals surface area (Å²) in [5.74, 6) is 0.437. The topological polar surface area (TPSA) is 15.3 Å². The number of hydrogen-bond donors (Lipinski definition) is 1. The average molecular weight is 264 g/mol. The zero-order chi connectivity index (χ0) is 13.8. The molecular formula is C16H25FN2. The van der Waals surface area contributed by atoms with Crippen LogP contribution in [0.25, 0.3) is 0 Å². The smallest absolute Gasteiger partial charge is 0.128 e. The second kappa shape index (κ2) is 6.49. The van der Waals surface area contributed by atoms with Crippen molar-refractivity contribution in [2.75, 3.05) is 26.7 Å². The van der Waals surface area contributed by atoms with Crippen molar-refractivity contribution in [2.24, 2.45) is 5.92 Å². The van der Waals surface area contributed by atoms with E-state index in [1.54, 1.807) is 6.07 Å². The molecule has 2 unspecified atom stereocenters. The van der Waals surface area contributed by atoms with Crippen LogP contribution >= 0.6 is 0 Å². The molecule has 0 bridgehead atoms. The fourth-order valence-electron chi connectivity index (χ4n) is 3.32. The van der Waals surface area contributed by atoms with Crippen LogP contribution in [0.3, 0.4) is 0 Å². The third-order valence-electron chi connectivity index (χ3n) is 4.20. The van der Waals surface area contributed by atoms with Crippen molar-refractivity contribution in [3.63, 3.8) is 0 Å². The van der Waals surface area contributed by atoms with Crippen molar-refractivity contribution < 1.29 is 4.39 Å². The first-order valence-corrected chi connectivity index (χ1v) is 7.32. The Morgan fingerprint density at radius 3 is 2.89 bits per heavy atom. The summed E-state index contributed by atoms with van der Waals surface area (Å²) in [6.07, 6.45) is 2.39. The monoisotopic (exact) mass is 264 g/mol. The summed E-state index contributed by atoms with van der Waals surface area (Å²) in [6, 6.07) is 5.71. The number of likely N-dealkylation sites (tertiary alicyclic amines) is 1. The van der Waals surface area contributed by atoms with Gasteiger partial charge in [-0.25, -0.2) is 4.39 Å². The summed E-state index contributed by atoms with van der Waals surface area (Å²) >= 11 is 0. The number of rotatable bonds is 4. The summed E-state index contributed by atoms with van der Waals surface area (Å²) in [5.41, 5.74) is 2.02. The van der Waals surface area contributed by atoms with Gasteiger partial charge in [-0.2, -0.15) is 0 Å². The van der Waals surface area contributed by atoms with Gasteiger partial charge in [-0.1, -0.05) is 24.6 Å². The van der Waals surface area contributed by atoms with Crippen LogP contribution in [0.5, 0.6) is 0 Å². The molecule has 2 rings (SSSR count). The first kappa shape index (κ1) is 14.5. The molecule has 0 saturated carbocycles. The van der Waals surface area contributed by atoms with Gasteiger partial charge < -0.3 is 5.32 Å². The van der Waals surface area contributed by atoms with E-state index >= 15 is 0 Å². The van der Waals surface area contributed by atoms with E-state index in [9.17, 15) is 4.39 Å². The van der Waals surface area contributed by atoms with E-state index in [4.69, 9.17) is 0 Å². The number of halogens is 1. The van der Waals surface area contributed by atoms with Gasteiger partial charge in [-0.05, 0) is 58.4 Å². The van der Waals surface area contributed by atoms with E-state index in [0.29, 0.717) is 5.92 Å². The van der Waals surface area contributed by atoms with Crippen molar-refractivity contribution in [3.8, 4) is 0 Å². The van der Waals surface area contributed by atoms with E-state index in [-0.39, 0.29) is 11.9 Å². The fourth-order valence-corrected chi connectivity index (χ4v) is 3.32. The van der Waals surface area contributed by atoms with Gasteiger partial charge >= 0.3 is 0 Å². The normalized spacial score (nSPS) is 24.6. The molecule has 1 heterocycles. The average Bonchev–Trinajstić information content (AvgIpc) is 2.42. The van der Waals surface area contributed by atoms with Crippen LogP contribution < -0.4 is 5.32 Å². The van der Waals surface area contributed by atoms with Crippen LogP contribution in [0, 0.1) is 18.7 Å². The Labute approximate surface area is 116 Å². The third-order valence-corrected chi connectivity index (χ3v) is 4.20. The Morgan fingerprint density at radius 2 is 2.21 bits per heavy atom. The van der Waals surface area contributed by atoms with E-state index in [2.05, 4.69) is 17.1 Å². The molecule has 106 valence electrons. The SMILES string of the molecule is CCN1CCCC(CNC)C1c1cc(C)ccc1F. The number of nitrogens with zero attached hydrogens (tertiary/aromatic N) is 1. The highest BCUT2D eigenvalue weighted by Gasteiger charge is 2.32. The molecule has 0 aromatic heterocycles. The van der Waals surface area contributed by atoms with Gasteiger partial charge in [0.05, 0.1) is 0 Å². The Morgan fingerprint density at radius 1 is 1.42 bits per heavy atom. The fraction of sp³-hybridized carbons (Fsp3) is 0.625. The highest BCUT2D eigenvalue weighted by Crippen LogP contribution is 2.37. The number of piperidine rings is 1. The first-order valence-electron chi connectivity index (χ1n) is 7.32. The van der Waals surface area contributed by atoms with Crippen molar-refractivity contribution >= 4 is 0 Å². The number of nitrogens with one attached hydrogen (secondary N) is 1. The van der Waals surface area contributed by atoms with Crippen LogP contribution in [0.1, 0.15) is 36.9 Å². The highest BCUT2D eigenvalue weighted by molar-refractivity contribution is 5.28. The van der Waals surface area contributed by atoms with Gasteiger partial charge in [0, 0.05) is 11.6 Å². The van der Waals surface area contributed by atoms with E-state index < -0.39 is 0 Å². The first-order chi connectivity index (χ1) is 9.17. The molecule has 1 aromatic rings. The lowest BCUT2D eigenvalue weighted by molar-refractivity contribution is 0.0954. The van der Waals surface area contributed by atoms with Crippen molar-refractivity contribution in [2.45, 2.75) is 32.7 Å². The maximum atomic E-state index is 14.2. The van der Waals surface area contributed by atoms with Crippen LogP contribution in [-0.4, -0.2) is 31.6 Å². The molecule has 1 aromatic carbocycles. The van der Waals surface area contributed by atoms with Gasteiger partial charge in [0.15, 0.2) is 0 Å². The van der Waals surface area contributed by atoms with Crippen molar-refractivity contribution in [1.29, 1.82) is 0 Å². The van der Waals surface area contributed by atoms with Gasteiger partial charge in [-0.3, -0.25) is 4.90 Å². The summed E-state index contributed by atoms with van der Waals surface area (Å²) < 4.78 is 14.2. The molecular weight excluding hydrogens is 239 g/mol. The largest absolute Gasteiger partial charge is 0.319 e. The Kier molecular flexibility index (Phi) is 4.94. The third kappa shape index (κ3) is 3.15. The van der Waals surface area contributed by atoms with Gasteiger partial charge in [-0.15, -0.1) is 0 Å². The molecule has 3 heteroatoms. The minimum atomic E-state index is -0.0583. The van der Waals surface area contributed by atoms with E-state index in [0.717, 1.165) is 30.8 Å². The molecule has 19 heavy (non-hydrogen) atoms. The molecule has 1 aliphatic rings. The van der Waals surface area contributed by atoms with Crippen LogP contribution in [-0.2, 0) is 0 Å². The Balaban J connectivity index is 2.36. The summed E-state index contributed by atoms with van der Waals surface area (Å²) in [4.78, 5) is 2.42. The quantitative estimate of drug-likeness (QED) is 0.899. The molecule has 0 radical (unpaired) electrons. The van der Waals surface area contributed by atoms with Crippen molar-refractivity contribution in [3.05, 3.63) is 35.1 Å². The molecule has 1 saturated heterocycles. The molecule has 2 atom stereocenters. The lowest BCUT2D eigenvalue weighted by Crippen LogP contribution is -2.42. The Bertz CT molecular complexity index is 417. The summed E-state index contributed by atoms with van der Waals surface area (Å²) in [7, 11) is 1.98. The minimum Gasteiger partial charge on any atom is -0.319 e. The minimum absolute atomic E-state index is 0.0583. The van der Waals surface area contributed by atoms with Crippen LogP contribution in [0.2, 0.25) is 0 Å². The van der Waals surface area contributed by atoms with Gasteiger partial charge in [0.2, 0.25) is 0 Å². The highest BCUT2D eigenvalue weighted by atomic mass is 19.1. The standard InChI is InChI=1S/C16H25FN2/c1-4-19-9-5-6-13(11-18-3)16(19)14-10-12(2)7-8-15(14)17/h7-8,10,13,16,18H,4-6,9,11H2,1-3H3. The van der Waals surface area contributed by atoms with Crippen molar-refractivity contribution in [1.82, 2.24) is 10.2 Å². The molecule has 0 aliphatic carbocycles. The zero-order valence-corrected chi connectivity index (χ0v) is 12.2. The van der Waals surface area contributed by atoms with Crippen LogP contribution in [0.4, 0.5) is 4.39 Å². The zero-order valence-electron chi connectivity index (χ0n) is 12.2. The number of hydrogen-bond acceptors (Lipinski definition) is 2. The summed E-state index contributed by atoms with van der Waals surface area (Å²) in [6.45, 7) is 7.22. The van der Waals surface area contributed by atoms with Crippen LogP contribution in [0.15, 0.2) is 18.2 Å². The number of aryl methyl sites for hydroxylation is 1. The maximum absolute atomic E-state index is 14.2. The predicted molar refractivity (Wildman–Crippen MR) is 77.8 cm³/mol. The number of benzene rings is 1. The lowest BCUT2D eigenvalue weighted by atomic mass is 9.84.